The molecule has 6 heteroatoms. The molecule has 1 aliphatic heterocycles. The molecule has 0 aromatic heterocycles. The molecule has 1 heterocycles. The van der Waals surface area contributed by atoms with Gasteiger partial charge < -0.3 is 10.6 Å². The monoisotopic (exact) mass is 244 g/mol. The van der Waals surface area contributed by atoms with E-state index in [2.05, 4.69) is 10.6 Å². The van der Waals surface area contributed by atoms with Gasteiger partial charge in [0, 0.05) is 12.1 Å². The highest BCUT2D eigenvalue weighted by molar-refractivity contribution is 5.95. The molecule has 2 N–H and O–H groups in total. The summed E-state index contributed by atoms with van der Waals surface area (Å²) in [5.41, 5.74) is -0.345. The first-order chi connectivity index (χ1) is 8.08. The summed E-state index contributed by atoms with van der Waals surface area (Å²) >= 11 is 0. The van der Waals surface area contributed by atoms with Gasteiger partial charge in [-0.1, -0.05) is 0 Å². The molecule has 1 aromatic rings. The third-order valence-corrected chi connectivity index (χ3v) is 2.64. The Morgan fingerprint density at radius 2 is 1.94 bits per heavy atom. The van der Waals surface area contributed by atoms with E-state index in [-0.39, 0.29) is 5.69 Å². The number of amides is 1. The van der Waals surface area contributed by atoms with Gasteiger partial charge in [-0.2, -0.15) is 0 Å². The predicted molar refractivity (Wildman–Crippen MR) is 56.0 cm³/mol. The van der Waals surface area contributed by atoms with Gasteiger partial charge in [0.1, 0.15) is 5.82 Å². The van der Waals surface area contributed by atoms with Crippen molar-refractivity contribution in [3.05, 3.63) is 29.6 Å². The van der Waals surface area contributed by atoms with Crippen molar-refractivity contribution in [1.82, 2.24) is 5.32 Å². The zero-order valence-electron chi connectivity index (χ0n) is 8.90. The molecule has 92 valence electrons. The Labute approximate surface area is 96.0 Å². The Hall–Kier alpha value is -1.56. The Morgan fingerprint density at radius 3 is 2.59 bits per heavy atom. The highest BCUT2D eigenvalue weighted by atomic mass is 19.2. The second kappa shape index (κ2) is 4.75. The van der Waals surface area contributed by atoms with Crippen LogP contribution in [0.15, 0.2) is 12.1 Å². The van der Waals surface area contributed by atoms with Crippen molar-refractivity contribution < 1.29 is 18.0 Å². The van der Waals surface area contributed by atoms with Gasteiger partial charge in [0.15, 0.2) is 11.6 Å². The Bertz CT molecular complexity index is 445. The van der Waals surface area contributed by atoms with Crippen LogP contribution in [0.25, 0.3) is 0 Å². The third kappa shape index (κ3) is 2.58. The molecule has 3 nitrogen and oxygen atoms in total. The van der Waals surface area contributed by atoms with E-state index in [1.54, 1.807) is 0 Å². The largest absolute Gasteiger partial charge is 0.322 e. The number of nitrogens with one attached hydrogen (secondary N) is 2. The first-order valence-corrected chi connectivity index (χ1v) is 5.26. The average Bonchev–Trinajstić information content (AvgIpc) is 2.79. The topological polar surface area (TPSA) is 41.1 Å². The molecule has 0 aliphatic carbocycles. The van der Waals surface area contributed by atoms with E-state index in [9.17, 15) is 18.0 Å². The van der Waals surface area contributed by atoms with Crippen LogP contribution in [0.2, 0.25) is 0 Å². The van der Waals surface area contributed by atoms with Crippen molar-refractivity contribution in [1.29, 1.82) is 0 Å². The maximum absolute atomic E-state index is 13.2. The molecule has 0 bridgehead atoms. The molecule has 0 radical (unpaired) electrons. The molecule has 1 fully saturated rings. The zero-order valence-corrected chi connectivity index (χ0v) is 8.90. The van der Waals surface area contributed by atoms with Crippen molar-refractivity contribution in [2.24, 2.45) is 0 Å². The van der Waals surface area contributed by atoms with Crippen LogP contribution >= 0.6 is 0 Å². The summed E-state index contributed by atoms with van der Waals surface area (Å²) in [6.45, 7) is 0.721. The molecule has 0 spiro atoms. The van der Waals surface area contributed by atoms with E-state index in [0.717, 1.165) is 13.0 Å². The predicted octanol–water partition coefficient (Wildman–Crippen LogP) is 1.79. The molecule has 1 saturated heterocycles. The average molecular weight is 244 g/mol. The van der Waals surface area contributed by atoms with Crippen molar-refractivity contribution in [2.75, 3.05) is 11.9 Å². The lowest BCUT2D eigenvalue weighted by atomic mass is 10.2. The van der Waals surface area contributed by atoms with Crippen LogP contribution in [0.4, 0.5) is 18.9 Å². The van der Waals surface area contributed by atoms with Gasteiger partial charge in [-0.3, -0.25) is 4.79 Å². The van der Waals surface area contributed by atoms with Gasteiger partial charge in [-0.05, 0) is 19.4 Å². The van der Waals surface area contributed by atoms with E-state index < -0.39 is 29.4 Å². The fourth-order valence-corrected chi connectivity index (χ4v) is 1.75. The summed E-state index contributed by atoms with van der Waals surface area (Å²) < 4.78 is 38.8. The molecule has 1 amide bonds. The Kier molecular flexibility index (Phi) is 3.33. The van der Waals surface area contributed by atoms with E-state index in [1.807, 2.05) is 0 Å². The highest BCUT2D eigenvalue weighted by Gasteiger charge is 2.23. The van der Waals surface area contributed by atoms with E-state index >= 15 is 0 Å². The molecule has 0 saturated carbocycles. The number of hydrogen-bond acceptors (Lipinski definition) is 2. The Morgan fingerprint density at radius 1 is 1.24 bits per heavy atom. The van der Waals surface area contributed by atoms with Gasteiger partial charge in [0.05, 0.1) is 11.7 Å². The van der Waals surface area contributed by atoms with Crippen LogP contribution in [0.1, 0.15) is 12.8 Å². The second-order valence-electron chi connectivity index (χ2n) is 3.88. The summed E-state index contributed by atoms with van der Waals surface area (Å²) in [5, 5.41) is 5.16. The minimum absolute atomic E-state index is 0.345. The SMILES string of the molecule is O=C(Nc1cc(F)c(F)cc1F)[C@H]1CCCN1. The fraction of sp³-hybridized carbons (Fsp3) is 0.364. The number of anilines is 1. The molecular formula is C11H11F3N2O. The van der Waals surface area contributed by atoms with Gasteiger partial charge >= 0.3 is 0 Å². The van der Waals surface area contributed by atoms with Gasteiger partial charge in [0.25, 0.3) is 0 Å². The van der Waals surface area contributed by atoms with Crippen molar-refractivity contribution in [3.63, 3.8) is 0 Å². The number of carbonyl (C=O) groups excluding carboxylic acids is 1. The smallest absolute Gasteiger partial charge is 0.241 e. The van der Waals surface area contributed by atoms with E-state index in [1.165, 1.54) is 0 Å². The number of hydrogen-bond donors (Lipinski definition) is 2. The van der Waals surface area contributed by atoms with Crippen molar-refractivity contribution >= 4 is 11.6 Å². The van der Waals surface area contributed by atoms with Crippen LogP contribution in [0.5, 0.6) is 0 Å². The van der Waals surface area contributed by atoms with Crippen LogP contribution in [0, 0.1) is 17.5 Å². The molecule has 0 unspecified atom stereocenters. The lowest BCUT2D eigenvalue weighted by molar-refractivity contribution is -0.117. The Balaban J connectivity index is 2.12. The van der Waals surface area contributed by atoms with Crippen LogP contribution in [-0.4, -0.2) is 18.5 Å². The highest BCUT2D eigenvalue weighted by Crippen LogP contribution is 2.19. The standard InChI is InChI=1S/C11H11F3N2O/c12-6-4-8(14)10(5-7(6)13)16-11(17)9-2-1-3-15-9/h4-5,9,15H,1-3H2,(H,16,17)/t9-/m1/s1. The summed E-state index contributed by atoms with van der Waals surface area (Å²) in [6, 6.07) is 0.646. The molecule has 1 atom stereocenters. The number of benzene rings is 1. The molecule has 1 aromatic carbocycles. The second-order valence-corrected chi connectivity index (χ2v) is 3.88. The first kappa shape index (κ1) is 11.9. The minimum atomic E-state index is -1.28. The molecular weight excluding hydrogens is 233 g/mol. The summed E-state index contributed by atoms with van der Waals surface area (Å²) in [4.78, 5) is 11.6. The maximum Gasteiger partial charge on any atom is 0.241 e. The molecule has 2 rings (SSSR count). The lowest BCUT2D eigenvalue weighted by Crippen LogP contribution is -2.35. The quantitative estimate of drug-likeness (QED) is 0.779. The zero-order chi connectivity index (χ0) is 12.4. The van der Waals surface area contributed by atoms with Crippen LogP contribution in [0.3, 0.4) is 0 Å². The van der Waals surface area contributed by atoms with Gasteiger partial charge in [-0.25, -0.2) is 13.2 Å². The van der Waals surface area contributed by atoms with Crippen LogP contribution < -0.4 is 10.6 Å². The minimum Gasteiger partial charge on any atom is -0.322 e. The summed E-state index contributed by atoms with van der Waals surface area (Å²) in [5.74, 6) is -3.90. The number of carbonyl (C=O) groups is 1. The molecule has 17 heavy (non-hydrogen) atoms. The fourth-order valence-electron chi connectivity index (χ4n) is 1.75. The van der Waals surface area contributed by atoms with Crippen molar-refractivity contribution in [2.45, 2.75) is 18.9 Å². The lowest BCUT2D eigenvalue weighted by Gasteiger charge is -2.11. The van der Waals surface area contributed by atoms with Crippen molar-refractivity contribution in [3.8, 4) is 0 Å². The summed E-state index contributed by atoms with van der Waals surface area (Å²) in [7, 11) is 0. The first-order valence-electron chi connectivity index (χ1n) is 5.26. The van der Waals surface area contributed by atoms with E-state index in [0.29, 0.717) is 18.6 Å². The van der Waals surface area contributed by atoms with E-state index in [4.69, 9.17) is 0 Å². The van der Waals surface area contributed by atoms with Gasteiger partial charge in [-0.15, -0.1) is 0 Å². The normalized spacial score (nSPS) is 19.4. The number of rotatable bonds is 2. The summed E-state index contributed by atoms with van der Waals surface area (Å²) in [6.07, 6.45) is 1.51. The van der Waals surface area contributed by atoms with Gasteiger partial charge in [0.2, 0.25) is 5.91 Å². The van der Waals surface area contributed by atoms with Crippen LogP contribution in [-0.2, 0) is 4.79 Å². The maximum atomic E-state index is 13.2. The molecule has 1 aliphatic rings. The number of halogens is 3. The third-order valence-electron chi connectivity index (χ3n) is 2.64.